The number of aryl methyl sites for hydroxylation is 1. The van der Waals surface area contributed by atoms with Crippen LogP contribution >= 0.6 is 0 Å². The van der Waals surface area contributed by atoms with Gasteiger partial charge in [0.25, 0.3) is 5.91 Å². The van der Waals surface area contributed by atoms with Gasteiger partial charge in [0.1, 0.15) is 71.5 Å². The van der Waals surface area contributed by atoms with Gasteiger partial charge >= 0.3 is 0 Å². The number of nitrogens with one attached hydrogen (secondary N) is 1. The Hall–Kier alpha value is -2.95. The second-order valence-electron chi connectivity index (χ2n) is 13.8. The number of hydrogen-bond acceptors (Lipinski definition) is 7. The van der Waals surface area contributed by atoms with Gasteiger partial charge in [-0.15, -0.1) is 0 Å². The summed E-state index contributed by atoms with van der Waals surface area (Å²) in [7, 11) is 11.8. The van der Waals surface area contributed by atoms with Gasteiger partial charge in [0, 0.05) is 31.3 Å². The number of benzene rings is 2. The molecule has 1 saturated heterocycles. The molecular formula is C29H44B6FN3O6. The van der Waals surface area contributed by atoms with Crippen LogP contribution in [0.25, 0.3) is 0 Å². The predicted molar refractivity (Wildman–Crippen MR) is 189 cm³/mol. The van der Waals surface area contributed by atoms with Crippen molar-refractivity contribution in [1.29, 1.82) is 0 Å². The fourth-order valence-electron chi connectivity index (χ4n) is 5.97. The molecule has 3 rings (SSSR count). The van der Waals surface area contributed by atoms with Crippen LogP contribution in [0.4, 0.5) is 4.39 Å². The maximum Gasteiger partial charge on any atom is 0.272 e. The summed E-state index contributed by atoms with van der Waals surface area (Å²) in [5.74, 6) is -0.865. The number of likely N-dealkylation sites (N-methyl/N-ethyl adjacent to an activating group) is 1. The van der Waals surface area contributed by atoms with Crippen molar-refractivity contribution in [3.05, 3.63) is 64.5 Å². The van der Waals surface area contributed by atoms with E-state index in [1.807, 2.05) is 32.9 Å². The monoisotopic (exact) mass is 615 g/mol. The third-order valence-corrected chi connectivity index (χ3v) is 9.91. The van der Waals surface area contributed by atoms with Crippen LogP contribution in [0.3, 0.4) is 0 Å². The number of amides is 2. The first-order chi connectivity index (χ1) is 20.9. The summed E-state index contributed by atoms with van der Waals surface area (Å²) in [6.07, 6.45) is 1.22. The Morgan fingerprint density at radius 1 is 1.13 bits per heavy atom. The van der Waals surface area contributed by atoms with Crippen LogP contribution in [0.5, 0.6) is 5.75 Å². The molecule has 1 heterocycles. The summed E-state index contributed by atoms with van der Waals surface area (Å²) in [6.45, 7) is 7.10. The zero-order valence-electron chi connectivity index (χ0n) is 28.4. The first-order valence-electron chi connectivity index (χ1n) is 15.4. The van der Waals surface area contributed by atoms with Crippen LogP contribution in [0.2, 0.25) is 10.4 Å². The highest BCUT2D eigenvalue weighted by Gasteiger charge is 2.59. The molecule has 1 aliphatic rings. The molecular weight excluding hydrogens is 570 g/mol. The van der Waals surface area contributed by atoms with Gasteiger partial charge in [0.2, 0.25) is 12.1 Å². The van der Waals surface area contributed by atoms with Gasteiger partial charge in [-0.1, -0.05) is 24.3 Å². The standard InChI is InChI=1S/C29H44B6FN3O6/c1-17-6-5-7-24(22(17)13-39(16-41)27(43,25(42)37-4)29(34,35)26(30,31)15-40)44-14-20-8-9-21(10-23(20)36)28(32,33)38-11-18(2)45-19(3)12-38/h5-10,15-16,18-19,43H,11-14,30-35H2,1-4H3,(H,37,42). The maximum absolute atomic E-state index is 15.5. The molecule has 2 N–H and O–H groups in total. The van der Waals surface area contributed by atoms with Gasteiger partial charge in [-0.05, 0) is 59.8 Å². The third kappa shape index (κ3) is 7.08. The van der Waals surface area contributed by atoms with Crippen LogP contribution < -0.4 is 10.1 Å². The van der Waals surface area contributed by atoms with Gasteiger partial charge in [-0.3, -0.25) is 9.59 Å². The Kier molecular flexibility index (Phi) is 11.2. The molecule has 9 nitrogen and oxygen atoms in total. The Balaban J connectivity index is 1.90. The lowest BCUT2D eigenvalue weighted by Crippen LogP contribution is -2.68. The summed E-state index contributed by atoms with van der Waals surface area (Å²) >= 11 is 0. The highest BCUT2D eigenvalue weighted by Crippen LogP contribution is 2.50. The van der Waals surface area contributed by atoms with Crippen molar-refractivity contribution in [2.24, 2.45) is 0 Å². The van der Waals surface area contributed by atoms with E-state index in [0.717, 1.165) is 29.1 Å². The van der Waals surface area contributed by atoms with Crippen molar-refractivity contribution in [2.75, 3.05) is 20.1 Å². The van der Waals surface area contributed by atoms with E-state index in [1.165, 1.54) is 7.05 Å². The van der Waals surface area contributed by atoms with Crippen molar-refractivity contribution < 1.29 is 33.4 Å². The quantitative estimate of drug-likeness (QED) is 0.137. The maximum atomic E-state index is 15.5. The number of morpholine rings is 1. The second-order valence-corrected chi connectivity index (χ2v) is 13.8. The summed E-state index contributed by atoms with van der Waals surface area (Å²) in [4.78, 5) is 41.1. The van der Waals surface area contributed by atoms with Crippen LogP contribution in [0.15, 0.2) is 36.4 Å². The van der Waals surface area contributed by atoms with Crippen molar-refractivity contribution in [2.45, 2.75) is 67.6 Å². The van der Waals surface area contributed by atoms with Gasteiger partial charge in [-0.25, -0.2) is 4.39 Å². The first-order valence-corrected chi connectivity index (χ1v) is 15.4. The van der Waals surface area contributed by atoms with Gasteiger partial charge in [-0.2, -0.15) is 0 Å². The average molecular weight is 615 g/mol. The Morgan fingerprint density at radius 2 is 1.76 bits per heavy atom. The van der Waals surface area contributed by atoms with E-state index in [2.05, 4.69) is 25.9 Å². The molecule has 0 radical (unpaired) electrons. The molecule has 3 unspecified atom stereocenters. The second kappa shape index (κ2) is 13.8. The molecule has 236 valence electrons. The fraction of sp³-hybridized carbons (Fsp3) is 0.483. The number of nitrogens with zero attached hydrogens (tertiary/aromatic N) is 2. The number of carbonyl (C=O) groups excluding carboxylic acids is 3. The normalized spacial score (nSPS) is 19.2. The lowest BCUT2D eigenvalue weighted by molar-refractivity contribution is -0.174. The number of halogens is 1. The van der Waals surface area contributed by atoms with E-state index in [9.17, 15) is 19.5 Å². The van der Waals surface area contributed by atoms with E-state index in [1.54, 1.807) is 55.7 Å². The summed E-state index contributed by atoms with van der Waals surface area (Å²) in [5.41, 5.74) is 0.0575. The molecule has 0 saturated carbocycles. The van der Waals surface area contributed by atoms with Crippen molar-refractivity contribution >= 4 is 65.7 Å². The number of carbonyl (C=O) groups is 3. The Bertz CT molecular complexity index is 1410. The van der Waals surface area contributed by atoms with Crippen LogP contribution in [0, 0.1) is 12.7 Å². The molecule has 1 fully saturated rings. The summed E-state index contributed by atoms with van der Waals surface area (Å²) in [6, 6.07) is 10.5. The Morgan fingerprint density at radius 3 is 2.29 bits per heavy atom. The molecule has 2 aromatic carbocycles. The van der Waals surface area contributed by atoms with Crippen LogP contribution in [-0.4, -0.2) is 119 Å². The zero-order valence-corrected chi connectivity index (χ0v) is 28.4. The first kappa shape index (κ1) is 36.5. The molecule has 0 bridgehead atoms. The number of hydrogen-bond donors (Lipinski definition) is 2. The van der Waals surface area contributed by atoms with E-state index in [0.29, 0.717) is 29.6 Å². The minimum Gasteiger partial charge on any atom is -0.488 e. The van der Waals surface area contributed by atoms with Crippen molar-refractivity contribution in [3.63, 3.8) is 0 Å². The molecule has 2 aromatic rings. The number of ether oxygens (including phenoxy) is 2. The van der Waals surface area contributed by atoms with Gasteiger partial charge in [0.05, 0.1) is 18.8 Å². The highest BCUT2D eigenvalue weighted by atomic mass is 19.1. The smallest absolute Gasteiger partial charge is 0.272 e. The van der Waals surface area contributed by atoms with E-state index in [4.69, 9.17) is 9.47 Å². The van der Waals surface area contributed by atoms with Gasteiger partial charge < -0.3 is 34.5 Å². The molecule has 2 amide bonds. The molecule has 45 heavy (non-hydrogen) atoms. The lowest BCUT2D eigenvalue weighted by atomic mass is 9.27. The topological polar surface area (TPSA) is 108 Å². The fourth-order valence-corrected chi connectivity index (χ4v) is 5.97. The molecule has 0 spiro atoms. The largest absolute Gasteiger partial charge is 0.488 e. The molecule has 16 heteroatoms. The van der Waals surface area contributed by atoms with E-state index in [-0.39, 0.29) is 25.4 Å². The van der Waals surface area contributed by atoms with E-state index >= 15 is 4.39 Å². The van der Waals surface area contributed by atoms with Crippen molar-refractivity contribution in [3.8, 4) is 5.75 Å². The number of aliphatic hydroxyl groups is 1. The molecule has 0 aromatic heterocycles. The lowest BCUT2D eigenvalue weighted by Gasteiger charge is -2.52. The molecule has 3 atom stereocenters. The molecule has 1 aliphatic heterocycles. The molecule has 0 aliphatic carbocycles. The van der Waals surface area contributed by atoms with E-state index < -0.39 is 33.2 Å². The summed E-state index contributed by atoms with van der Waals surface area (Å²) < 4.78 is 27.5. The predicted octanol–water partition coefficient (Wildman–Crippen LogP) is -3.44. The average Bonchev–Trinajstić information content (AvgIpc) is 2.98. The highest BCUT2D eigenvalue weighted by molar-refractivity contribution is 6.60. The van der Waals surface area contributed by atoms with Crippen LogP contribution in [0.1, 0.15) is 36.1 Å². The zero-order chi connectivity index (χ0) is 34.0. The third-order valence-electron chi connectivity index (χ3n) is 9.91. The minimum atomic E-state index is -2.40. The number of rotatable bonds is 13. The van der Waals surface area contributed by atoms with Gasteiger partial charge in [0.15, 0.2) is 0 Å². The minimum absolute atomic E-state index is 0.0825. The number of aldehydes is 1. The van der Waals surface area contributed by atoms with Crippen LogP contribution in [-0.2, 0) is 37.6 Å². The van der Waals surface area contributed by atoms with Crippen molar-refractivity contribution in [1.82, 2.24) is 15.1 Å². The Labute approximate surface area is 271 Å². The summed E-state index contributed by atoms with van der Waals surface area (Å²) in [5, 5.41) is 11.4. The SMILES string of the molecule is BC(B)(c1ccc(COc2cccc(C)c2CN(C=O)C(O)(C(=O)NC)C(B)(B)C(B)(B)C=O)c(F)c1)N1CC(C)OC(C)C1.